The Morgan fingerprint density at radius 3 is 2.85 bits per heavy atom. The first-order valence-electron chi connectivity index (χ1n) is 5.88. The molecule has 5 N–H and O–H groups in total. The van der Waals surface area contributed by atoms with Crippen LogP contribution in [0.15, 0.2) is 4.99 Å². The molecular formula is C9H16N3O7P. The van der Waals surface area contributed by atoms with Gasteiger partial charge in [0.1, 0.15) is 12.1 Å². The van der Waals surface area contributed by atoms with Crippen molar-refractivity contribution < 1.29 is 33.5 Å². The molecule has 2 aliphatic heterocycles. The molecule has 0 aromatic carbocycles. The van der Waals surface area contributed by atoms with Crippen molar-refractivity contribution in [2.45, 2.75) is 30.9 Å². The summed E-state index contributed by atoms with van der Waals surface area (Å²) in [7, 11) is -4.57. The summed E-state index contributed by atoms with van der Waals surface area (Å²) in [6.07, 6.45) is -0.734. The maximum Gasteiger partial charge on any atom is 0.469 e. The van der Waals surface area contributed by atoms with Crippen LogP contribution in [0.4, 0.5) is 0 Å². The number of carbonyl (C=O) groups excluding carboxylic acids is 1. The first-order chi connectivity index (χ1) is 9.26. The van der Waals surface area contributed by atoms with E-state index in [9.17, 15) is 14.5 Å². The van der Waals surface area contributed by atoms with Crippen LogP contribution in [-0.4, -0.2) is 69.7 Å². The highest BCUT2D eigenvalue weighted by molar-refractivity contribution is 7.46. The van der Waals surface area contributed by atoms with E-state index in [4.69, 9.17) is 20.3 Å². The van der Waals surface area contributed by atoms with E-state index in [-0.39, 0.29) is 19.6 Å². The maximum atomic E-state index is 11.0. The first kappa shape index (κ1) is 15.4. The molecular weight excluding hydrogens is 293 g/mol. The minimum absolute atomic E-state index is 0.163. The number of rotatable bonds is 5. The van der Waals surface area contributed by atoms with Gasteiger partial charge in [-0.05, 0) is 0 Å². The van der Waals surface area contributed by atoms with Crippen molar-refractivity contribution in [1.29, 1.82) is 0 Å². The summed E-state index contributed by atoms with van der Waals surface area (Å²) in [5.41, 5.74) is 5.13. The van der Waals surface area contributed by atoms with E-state index < -0.39 is 38.2 Å². The molecule has 0 aromatic rings. The summed E-state index contributed by atoms with van der Waals surface area (Å²) in [5, 5.41) is 9.88. The van der Waals surface area contributed by atoms with Crippen molar-refractivity contribution in [1.82, 2.24) is 4.90 Å². The minimum atomic E-state index is -4.57. The van der Waals surface area contributed by atoms with Crippen molar-refractivity contribution in [3.05, 3.63) is 0 Å². The Balaban J connectivity index is 1.87. The molecule has 114 valence electrons. The zero-order chi connectivity index (χ0) is 14.9. The predicted molar refractivity (Wildman–Crippen MR) is 65.5 cm³/mol. The summed E-state index contributed by atoms with van der Waals surface area (Å²) >= 11 is 0. The quantitative estimate of drug-likeness (QED) is 0.416. The lowest BCUT2D eigenvalue weighted by atomic mass is 10.2. The number of amides is 1. The van der Waals surface area contributed by atoms with E-state index in [2.05, 4.69) is 9.52 Å². The summed E-state index contributed by atoms with van der Waals surface area (Å²) in [4.78, 5) is 33.6. The van der Waals surface area contributed by atoms with E-state index in [1.54, 1.807) is 0 Å². The molecule has 0 bridgehead atoms. The molecule has 0 aliphatic carbocycles. The molecule has 0 saturated carbocycles. The molecule has 20 heavy (non-hydrogen) atoms. The standard InChI is InChI=1S/C9H16N3O7P/c10-8(14)6-2-12(4-11-6)9-7(13)1-5(19-9)3-18-20(15,16)17/h4-7,9,13H,1-3H2,(H2,10,14)(H2,15,16,17)/t5-,6?,7+,9+/m0/s1. The lowest BCUT2D eigenvalue weighted by molar-refractivity contribution is -0.120. The van der Waals surface area contributed by atoms with Crippen LogP contribution in [0.2, 0.25) is 0 Å². The van der Waals surface area contributed by atoms with Crippen LogP contribution >= 0.6 is 7.82 Å². The van der Waals surface area contributed by atoms with E-state index in [0.29, 0.717) is 0 Å². The SMILES string of the molecule is NC(=O)C1CN([C@@H]2O[C@H](COP(=O)(O)O)C[C@H]2O)C=N1. The third kappa shape index (κ3) is 3.75. The Bertz CT molecular complexity index is 453. The molecule has 0 radical (unpaired) electrons. The number of hydrogen-bond donors (Lipinski definition) is 4. The van der Waals surface area contributed by atoms with E-state index in [1.807, 2.05) is 0 Å². The van der Waals surface area contributed by atoms with E-state index >= 15 is 0 Å². The highest BCUT2D eigenvalue weighted by atomic mass is 31.2. The fourth-order valence-electron chi connectivity index (χ4n) is 2.11. The number of ether oxygens (including phenoxy) is 1. The largest absolute Gasteiger partial charge is 0.469 e. The summed E-state index contributed by atoms with van der Waals surface area (Å²) in [6.45, 7) is -0.134. The van der Waals surface area contributed by atoms with Crippen molar-refractivity contribution in [3.8, 4) is 0 Å². The third-order valence-corrected chi connectivity index (χ3v) is 3.51. The van der Waals surface area contributed by atoms with Crippen LogP contribution in [0.1, 0.15) is 6.42 Å². The van der Waals surface area contributed by atoms with E-state index in [1.165, 1.54) is 11.2 Å². The second-order valence-electron chi connectivity index (χ2n) is 4.62. The van der Waals surface area contributed by atoms with Gasteiger partial charge in [-0.1, -0.05) is 0 Å². The van der Waals surface area contributed by atoms with Gasteiger partial charge in [-0.25, -0.2) is 4.57 Å². The van der Waals surface area contributed by atoms with Crippen LogP contribution in [-0.2, 0) is 18.6 Å². The molecule has 1 amide bonds. The summed E-state index contributed by atoms with van der Waals surface area (Å²) in [5.74, 6) is -0.572. The Labute approximate surface area is 114 Å². The van der Waals surface area contributed by atoms with Gasteiger partial charge in [0.25, 0.3) is 0 Å². The normalized spacial score (nSPS) is 33.9. The minimum Gasteiger partial charge on any atom is -0.388 e. The Hall–Kier alpha value is -1.03. The van der Waals surface area contributed by atoms with Gasteiger partial charge >= 0.3 is 7.82 Å². The maximum absolute atomic E-state index is 11.0. The smallest absolute Gasteiger partial charge is 0.388 e. The average Bonchev–Trinajstić information content (AvgIpc) is 2.91. The highest BCUT2D eigenvalue weighted by Gasteiger charge is 2.40. The predicted octanol–water partition coefficient (Wildman–Crippen LogP) is -2.23. The van der Waals surface area contributed by atoms with Gasteiger partial charge in [-0.2, -0.15) is 0 Å². The molecule has 11 heteroatoms. The number of hydrogen-bond acceptors (Lipinski definition) is 7. The number of aliphatic hydroxyl groups is 1. The number of phosphoric acid groups is 1. The number of nitrogens with two attached hydrogens (primary N) is 1. The topological polar surface area (TPSA) is 155 Å². The van der Waals surface area contributed by atoms with Crippen molar-refractivity contribution >= 4 is 20.1 Å². The highest BCUT2D eigenvalue weighted by Crippen LogP contribution is 2.37. The number of nitrogens with zero attached hydrogens (tertiary/aromatic N) is 2. The lowest BCUT2D eigenvalue weighted by Gasteiger charge is -2.25. The van der Waals surface area contributed by atoms with Crippen LogP contribution in [0.5, 0.6) is 0 Å². The molecule has 0 spiro atoms. The van der Waals surface area contributed by atoms with Crippen LogP contribution in [0, 0.1) is 0 Å². The molecule has 4 atom stereocenters. The van der Waals surface area contributed by atoms with E-state index in [0.717, 1.165) is 0 Å². The van der Waals surface area contributed by atoms with Gasteiger partial charge < -0.3 is 30.3 Å². The fraction of sp³-hybridized carbons (Fsp3) is 0.778. The van der Waals surface area contributed by atoms with Crippen LogP contribution in [0.3, 0.4) is 0 Å². The van der Waals surface area contributed by atoms with Gasteiger partial charge in [0.2, 0.25) is 5.91 Å². The number of primary amides is 1. The Morgan fingerprint density at radius 2 is 2.30 bits per heavy atom. The van der Waals surface area contributed by atoms with Crippen molar-refractivity contribution in [2.24, 2.45) is 10.7 Å². The Kier molecular flexibility index (Phi) is 4.43. The number of phosphoric ester groups is 1. The molecule has 2 rings (SSSR count). The second kappa shape index (κ2) is 5.76. The number of aliphatic hydroxyl groups excluding tert-OH is 1. The zero-order valence-corrected chi connectivity index (χ0v) is 11.3. The summed E-state index contributed by atoms with van der Waals surface area (Å²) in [6, 6.07) is -0.684. The molecule has 1 fully saturated rings. The van der Waals surface area contributed by atoms with Crippen molar-refractivity contribution in [2.75, 3.05) is 13.2 Å². The van der Waals surface area contributed by atoms with Gasteiger partial charge in [-0.15, -0.1) is 0 Å². The monoisotopic (exact) mass is 309 g/mol. The molecule has 0 aromatic heterocycles. The first-order valence-corrected chi connectivity index (χ1v) is 7.41. The molecule has 10 nitrogen and oxygen atoms in total. The van der Waals surface area contributed by atoms with Gasteiger partial charge in [-0.3, -0.25) is 14.3 Å². The molecule has 1 saturated heterocycles. The van der Waals surface area contributed by atoms with Crippen LogP contribution in [0.25, 0.3) is 0 Å². The Morgan fingerprint density at radius 1 is 1.60 bits per heavy atom. The fourth-order valence-corrected chi connectivity index (χ4v) is 2.47. The third-order valence-electron chi connectivity index (χ3n) is 3.03. The lowest BCUT2D eigenvalue weighted by Crippen LogP contribution is -2.43. The average molecular weight is 309 g/mol. The zero-order valence-electron chi connectivity index (χ0n) is 10.4. The molecule has 1 unspecified atom stereocenters. The summed E-state index contributed by atoms with van der Waals surface area (Å²) < 4.78 is 20.4. The van der Waals surface area contributed by atoms with Crippen molar-refractivity contribution in [3.63, 3.8) is 0 Å². The van der Waals surface area contributed by atoms with Gasteiger partial charge in [0.15, 0.2) is 6.23 Å². The number of aliphatic imine (C=N–C) groups is 1. The molecule has 2 aliphatic rings. The molecule has 2 heterocycles. The number of carbonyl (C=O) groups is 1. The second-order valence-corrected chi connectivity index (χ2v) is 5.86. The van der Waals surface area contributed by atoms with Crippen LogP contribution < -0.4 is 5.73 Å². The van der Waals surface area contributed by atoms with Gasteiger partial charge in [0.05, 0.1) is 25.6 Å². The van der Waals surface area contributed by atoms with Gasteiger partial charge in [0, 0.05) is 6.42 Å².